The first-order valence-corrected chi connectivity index (χ1v) is 14.4. The van der Waals surface area contributed by atoms with Crippen molar-refractivity contribution in [1.29, 1.82) is 0 Å². The van der Waals surface area contributed by atoms with Gasteiger partial charge in [0.1, 0.15) is 29.0 Å². The molecule has 1 amide bonds. The molecular formula is C26H31ClN4O5S. The lowest BCUT2D eigenvalue weighted by atomic mass is 9.95. The molecule has 2 heterocycles. The van der Waals surface area contributed by atoms with Crippen LogP contribution in [-0.4, -0.2) is 62.1 Å². The summed E-state index contributed by atoms with van der Waals surface area (Å²) in [7, 11) is -4.12. The molecule has 0 radical (unpaired) electrons. The molecule has 37 heavy (non-hydrogen) atoms. The number of carbonyl (C=O) groups excluding carboxylic acids is 1. The number of primary amides is 1. The van der Waals surface area contributed by atoms with Crippen LogP contribution in [-0.2, 0) is 14.8 Å². The number of H-pyrrole nitrogens is 1. The summed E-state index contributed by atoms with van der Waals surface area (Å²) in [6.45, 7) is 0.607. The highest BCUT2D eigenvalue weighted by Crippen LogP contribution is 2.37. The zero-order chi connectivity index (χ0) is 26.0. The van der Waals surface area contributed by atoms with E-state index in [2.05, 4.69) is 10.3 Å². The lowest BCUT2D eigenvalue weighted by Gasteiger charge is -2.32. The van der Waals surface area contributed by atoms with Crippen molar-refractivity contribution in [3.63, 3.8) is 0 Å². The number of hydrogen-bond donors (Lipinski definition) is 3. The number of benzene rings is 2. The normalized spacial score (nSPS) is 19.6. The summed E-state index contributed by atoms with van der Waals surface area (Å²) in [5.41, 5.74) is 6.67. The summed E-state index contributed by atoms with van der Waals surface area (Å²) in [5.74, 6) is -0.182. The number of rotatable bonds is 8. The fraction of sp³-hybridized carbons (Fsp3) is 0.423. The fourth-order valence-electron chi connectivity index (χ4n) is 5.11. The molecule has 4 N–H and O–H groups in total. The molecule has 0 spiro atoms. The van der Waals surface area contributed by atoms with Crippen LogP contribution in [0.1, 0.15) is 42.6 Å². The number of nitrogens with one attached hydrogen (secondary N) is 2. The van der Waals surface area contributed by atoms with Crippen LogP contribution in [0, 0.1) is 0 Å². The summed E-state index contributed by atoms with van der Waals surface area (Å²) >= 11 is 6.45. The van der Waals surface area contributed by atoms with Crippen LogP contribution in [0.3, 0.4) is 0 Å². The van der Waals surface area contributed by atoms with Gasteiger partial charge in [0.2, 0.25) is 10.0 Å². The van der Waals surface area contributed by atoms with Crippen LogP contribution >= 0.6 is 11.6 Å². The van der Waals surface area contributed by atoms with Gasteiger partial charge in [-0.1, -0.05) is 49.1 Å². The molecule has 1 saturated heterocycles. The van der Waals surface area contributed by atoms with E-state index >= 15 is 0 Å². The predicted octanol–water partition coefficient (Wildman–Crippen LogP) is 4.13. The molecule has 9 nitrogen and oxygen atoms in total. The summed E-state index contributed by atoms with van der Waals surface area (Å²) in [4.78, 5) is 15.3. The molecule has 1 aliphatic carbocycles. The Hall–Kier alpha value is -2.79. The van der Waals surface area contributed by atoms with E-state index in [1.54, 1.807) is 12.1 Å². The molecule has 11 heteroatoms. The number of para-hydroxylation sites is 1. The van der Waals surface area contributed by atoms with E-state index in [0.717, 1.165) is 25.7 Å². The van der Waals surface area contributed by atoms with Crippen molar-refractivity contribution in [2.24, 2.45) is 5.73 Å². The maximum atomic E-state index is 14.0. The van der Waals surface area contributed by atoms with Crippen molar-refractivity contribution < 1.29 is 22.7 Å². The van der Waals surface area contributed by atoms with Crippen LogP contribution in [0.2, 0.25) is 5.02 Å². The molecule has 3 aromatic rings. The number of halogens is 1. The van der Waals surface area contributed by atoms with Crippen LogP contribution in [0.25, 0.3) is 10.9 Å². The first-order valence-electron chi connectivity index (χ1n) is 12.5. The van der Waals surface area contributed by atoms with Gasteiger partial charge in [-0.15, -0.1) is 0 Å². The first kappa shape index (κ1) is 25.8. The van der Waals surface area contributed by atoms with Crippen molar-refractivity contribution in [2.75, 3.05) is 31.6 Å². The number of hydrogen-bond acceptors (Lipinski definition) is 6. The van der Waals surface area contributed by atoms with E-state index < -0.39 is 22.0 Å². The number of aromatic amines is 1. The molecule has 2 fully saturated rings. The van der Waals surface area contributed by atoms with Gasteiger partial charge in [-0.05, 0) is 37.1 Å². The van der Waals surface area contributed by atoms with Crippen LogP contribution in [0.5, 0.6) is 5.75 Å². The van der Waals surface area contributed by atoms with E-state index in [9.17, 15) is 13.2 Å². The third-order valence-electron chi connectivity index (χ3n) is 6.91. The Labute approximate surface area is 221 Å². The number of ether oxygens (including phenoxy) is 2. The minimum Gasteiger partial charge on any atom is -0.491 e. The largest absolute Gasteiger partial charge is 0.491 e. The van der Waals surface area contributed by atoms with Crippen molar-refractivity contribution in [3.8, 4) is 5.75 Å². The number of morpholine rings is 1. The number of fused-ring (bicyclic) bond motifs is 1. The second-order valence-corrected chi connectivity index (χ2v) is 11.8. The van der Waals surface area contributed by atoms with E-state index in [1.807, 2.05) is 30.3 Å². The first-order chi connectivity index (χ1) is 17.8. The summed E-state index contributed by atoms with van der Waals surface area (Å²) in [6, 6.07) is 12.8. The van der Waals surface area contributed by atoms with Crippen molar-refractivity contribution in [2.45, 2.75) is 49.1 Å². The number of nitrogens with two attached hydrogens (primary N) is 1. The maximum absolute atomic E-state index is 14.0. The Morgan fingerprint density at radius 3 is 2.68 bits per heavy atom. The Kier molecular flexibility index (Phi) is 7.62. The SMILES string of the molecule is NC(=O)c1[nH]c2c(NC3CCCCC3)cc(Cl)cc2c1S(=O)(=O)N1CCOC(COc2ccccc2)C1. The standard InChI is InChI=1S/C26H31ClN4O5S/c27-17-13-21-23(22(14-17)29-18-7-3-1-4-8-18)30-24(26(28)32)25(21)37(33,34)31-11-12-35-20(15-31)16-36-19-9-5-2-6-10-19/h2,5-6,9-10,13-14,18,20,29-30H,1,3-4,7-8,11-12,15-16H2,(H2,28,32). The number of anilines is 1. The Bertz CT molecular complexity index is 1370. The van der Waals surface area contributed by atoms with Gasteiger partial charge in [-0.3, -0.25) is 4.79 Å². The van der Waals surface area contributed by atoms with Gasteiger partial charge >= 0.3 is 0 Å². The molecule has 198 valence electrons. The average molecular weight is 547 g/mol. The van der Waals surface area contributed by atoms with Gasteiger partial charge in [0.25, 0.3) is 5.91 Å². The van der Waals surface area contributed by atoms with Gasteiger partial charge in [-0.2, -0.15) is 4.31 Å². The number of amides is 1. The Balaban J connectivity index is 1.46. The minimum absolute atomic E-state index is 0.0772. The average Bonchev–Trinajstić information content (AvgIpc) is 3.30. The quantitative estimate of drug-likeness (QED) is 0.390. The topological polar surface area (TPSA) is 127 Å². The third-order valence-corrected chi connectivity index (χ3v) is 9.08. The summed E-state index contributed by atoms with van der Waals surface area (Å²) in [5, 5.41) is 4.21. The highest BCUT2D eigenvalue weighted by Gasteiger charge is 2.36. The molecule has 0 bridgehead atoms. The molecule has 1 unspecified atom stereocenters. The Morgan fingerprint density at radius 2 is 1.95 bits per heavy atom. The van der Waals surface area contributed by atoms with E-state index in [4.69, 9.17) is 26.8 Å². The molecule has 2 aliphatic rings. The maximum Gasteiger partial charge on any atom is 0.266 e. The van der Waals surface area contributed by atoms with Gasteiger partial charge in [0.05, 0.1) is 17.8 Å². The lowest BCUT2D eigenvalue weighted by Crippen LogP contribution is -2.47. The van der Waals surface area contributed by atoms with Gasteiger partial charge < -0.3 is 25.5 Å². The monoisotopic (exact) mass is 546 g/mol. The number of carbonyl (C=O) groups is 1. The molecule has 1 saturated carbocycles. The zero-order valence-electron chi connectivity index (χ0n) is 20.4. The molecule has 1 atom stereocenters. The molecular weight excluding hydrogens is 516 g/mol. The van der Waals surface area contributed by atoms with Crippen LogP contribution in [0.15, 0.2) is 47.4 Å². The third kappa shape index (κ3) is 5.57. The number of aromatic nitrogens is 1. The Morgan fingerprint density at radius 1 is 1.19 bits per heavy atom. The fourth-order valence-corrected chi connectivity index (χ4v) is 7.11. The van der Waals surface area contributed by atoms with Crippen LogP contribution < -0.4 is 15.8 Å². The smallest absolute Gasteiger partial charge is 0.266 e. The second-order valence-electron chi connectivity index (χ2n) is 9.53. The predicted molar refractivity (Wildman–Crippen MR) is 143 cm³/mol. The van der Waals surface area contributed by atoms with Crippen molar-refractivity contribution in [3.05, 3.63) is 53.2 Å². The van der Waals surface area contributed by atoms with E-state index in [-0.39, 0.29) is 42.9 Å². The lowest BCUT2D eigenvalue weighted by molar-refractivity contribution is -0.0249. The molecule has 5 rings (SSSR count). The molecule has 2 aromatic carbocycles. The highest BCUT2D eigenvalue weighted by atomic mass is 35.5. The van der Waals surface area contributed by atoms with Crippen molar-refractivity contribution >= 4 is 44.1 Å². The van der Waals surface area contributed by atoms with Gasteiger partial charge in [-0.25, -0.2) is 8.42 Å². The molecule has 1 aromatic heterocycles. The van der Waals surface area contributed by atoms with Crippen molar-refractivity contribution in [1.82, 2.24) is 9.29 Å². The highest BCUT2D eigenvalue weighted by molar-refractivity contribution is 7.89. The second kappa shape index (κ2) is 10.9. The molecule has 1 aliphatic heterocycles. The van der Waals surface area contributed by atoms with Gasteiger partial charge in [0, 0.05) is 29.5 Å². The summed E-state index contributed by atoms with van der Waals surface area (Å²) < 4.78 is 40.8. The zero-order valence-corrected chi connectivity index (χ0v) is 22.0. The number of sulfonamides is 1. The minimum atomic E-state index is -4.12. The van der Waals surface area contributed by atoms with Gasteiger partial charge in [0.15, 0.2) is 0 Å². The van der Waals surface area contributed by atoms with Crippen LogP contribution in [0.4, 0.5) is 5.69 Å². The van der Waals surface area contributed by atoms with E-state index in [0.29, 0.717) is 27.4 Å². The summed E-state index contributed by atoms with van der Waals surface area (Å²) in [6.07, 6.45) is 5.02. The number of nitrogens with zero attached hydrogens (tertiary/aromatic N) is 1. The van der Waals surface area contributed by atoms with E-state index in [1.165, 1.54) is 10.7 Å².